The minimum Gasteiger partial charge on any atom is -0.354 e. The summed E-state index contributed by atoms with van der Waals surface area (Å²) in [6.07, 6.45) is 0. The van der Waals surface area contributed by atoms with E-state index in [1.165, 1.54) is 0 Å². The molecule has 0 spiro atoms. The van der Waals surface area contributed by atoms with Crippen molar-refractivity contribution in [2.75, 3.05) is 5.32 Å². The molecule has 0 aliphatic rings. The number of hydrogen-bond donors (Lipinski definition) is 2. The molecule has 0 fully saturated rings. The van der Waals surface area contributed by atoms with Crippen molar-refractivity contribution in [3.8, 4) is 0 Å². The van der Waals surface area contributed by atoms with E-state index in [1.54, 1.807) is 18.2 Å². The molecule has 3 aromatic rings. The summed E-state index contributed by atoms with van der Waals surface area (Å²) < 4.78 is 24.2. The number of rotatable bonds is 3. The smallest absolute Gasteiger partial charge is 0.240 e. The largest absolute Gasteiger partial charge is 0.354 e. The lowest BCUT2D eigenvalue weighted by Crippen LogP contribution is -2.15. The summed E-state index contributed by atoms with van der Waals surface area (Å²) in [5, 5.41) is 10.1. The van der Waals surface area contributed by atoms with Crippen LogP contribution >= 0.6 is 0 Å². The number of nitrogens with two attached hydrogens (primary N) is 1. The highest BCUT2D eigenvalue weighted by atomic mass is 32.2. The summed E-state index contributed by atoms with van der Waals surface area (Å²) in [4.78, 5) is 0.119. The van der Waals surface area contributed by atoms with Gasteiger partial charge in [-0.2, -0.15) is 0 Å². The van der Waals surface area contributed by atoms with Gasteiger partial charge < -0.3 is 5.32 Å². The van der Waals surface area contributed by atoms with Gasteiger partial charge in [-0.05, 0) is 30.0 Å². The molecule has 0 aliphatic heterocycles. The van der Waals surface area contributed by atoms with Crippen LogP contribution in [-0.4, -0.2) is 8.42 Å². The minimum absolute atomic E-state index is 0.119. The fourth-order valence-corrected chi connectivity index (χ4v) is 3.42. The molecular weight excluding hydrogens is 296 g/mol. The maximum atomic E-state index is 12.1. The van der Waals surface area contributed by atoms with Crippen molar-refractivity contribution in [1.82, 2.24) is 0 Å². The van der Waals surface area contributed by atoms with E-state index in [0.717, 1.165) is 16.6 Å². The van der Waals surface area contributed by atoms with E-state index >= 15 is 0 Å². The Morgan fingerprint density at radius 1 is 0.864 bits per heavy atom. The van der Waals surface area contributed by atoms with Gasteiger partial charge in [-0.1, -0.05) is 48.5 Å². The Morgan fingerprint density at radius 3 is 2.27 bits per heavy atom. The molecule has 112 valence electrons. The average molecular weight is 312 g/mol. The average Bonchev–Trinajstić information content (AvgIpc) is 2.48. The van der Waals surface area contributed by atoms with Crippen LogP contribution in [-0.2, 0) is 10.0 Å². The Morgan fingerprint density at radius 2 is 1.55 bits per heavy atom. The summed E-state index contributed by atoms with van der Waals surface area (Å²) in [7, 11) is -3.86. The second-order valence-corrected chi connectivity index (χ2v) is 6.65. The van der Waals surface area contributed by atoms with Crippen molar-refractivity contribution in [3.05, 3.63) is 66.2 Å². The highest BCUT2D eigenvalue weighted by Gasteiger charge is 2.18. The lowest BCUT2D eigenvalue weighted by Gasteiger charge is -2.15. The predicted molar refractivity (Wildman–Crippen MR) is 89.8 cm³/mol. The predicted octanol–water partition coefficient (Wildman–Crippen LogP) is 3.54. The Balaban J connectivity index is 2.24. The first-order valence-corrected chi connectivity index (χ1v) is 8.38. The van der Waals surface area contributed by atoms with Crippen LogP contribution in [0.2, 0.25) is 0 Å². The highest BCUT2D eigenvalue weighted by molar-refractivity contribution is 7.89. The van der Waals surface area contributed by atoms with E-state index in [2.05, 4.69) is 5.32 Å². The topological polar surface area (TPSA) is 72.2 Å². The zero-order valence-corrected chi connectivity index (χ0v) is 12.9. The maximum absolute atomic E-state index is 12.1. The van der Waals surface area contributed by atoms with E-state index in [4.69, 9.17) is 5.14 Å². The molecular formula is C17H16N2O2S. The van der Waals surface area contributed by atoms with E-state index in [0.29, 0.717) is 11.1 Å². The highest BCUT2D eigenvalue weighted by Crippen LogP contribution is 2.32. The van der Waals surface area contributed by atoms with E-state index < -0.39 is 10.0 Å². The SMILES string of the molecule is Cc1ccccc1Nc1ccc2ccccc2c1S(N)(=O)=O. The van der Waals surface area contributed by atoms with Crippen molar-refractivity contribution < 1.29 is 8.42 Å². The number of primary sulfonamides is 1. The van der Waals surface area contributed by atoms with Crippen molar-refractivity contribution in [2.45, 2.75) is 11.8 Å². The van der Waals surface area contributed by atoms with Gasteiger partial charge in [-0.3, -0.25) is 0 Å². The molecule has 0 bridgehead atoms. The summed E-state index contributed by atoms with van der Waals surface area (Å²) in [5.41, 5.74) is 2.36. The number of anilines is 2. The zero-order chi connectivity index (χ0) is 15.7. The molecule has 3 N–H and O–H groups in total. The molecule has 5 heteroatoms. The molecule has 4 nitrogen and oxygen atoms in total. The van der Waals surface area contributed by atoms with Gasteiger partial charge in [0.2, 0.25) is 10.0 Å². The Bertz CT molecular complexity index is 950. The van der Waals surface area contributed by atoms with Crippen LogP contribution in [0.5, 0.6) is 0 Å². The standard InChI is InChI=1S/C17H16N2O2S/c1-12-6-2-5-9-15(12)19-16-11-10-13-7-3-4-8-14(13)17(16)22(18,20)21/h2-11,19H,1H3,(H2,18,20,21). The Kier molecular flexibility index (Phi) is 3.60. The molecule has 0 aliphatic carbocycles. The van der Waals surface area contributed by atoms with Gasteiger partial charge in [0.15, 0.2) is 0 Å². The first-order chi connectivity index (χ1) is 10.5. The van der Waals surface area contributed by atoms with E-state index in [1.807, 2.05) is 49.4 Å². The first kappa shape index (κ1) is 14.6. The van der Waals surface area contributed by atoms with Gasteiger partial charge in [0.1, 0.15) is 4.90 Å². The minimum atomic E-state index is -3.86. The van der Waals surface area contributed by atoms with Gasteiger partial charge in [0.25, 0.3) is 0 Å². The van der Waals surface area contributed by atoms with Gasteiger partial charge in [0.05, 0.1) is 5.69 Å². The maximum Gasteiger partial charge on any atom is 0.240 e. The van der Waals surface area contributed by atoms with Crippen LogP contribution in [0.3, 0.4) is 0 Å². The third-order valence-electron chi connectivity index (χ3n) is 3.58. The van der Waals surface area contributed by atoms with Gasteiger partial charge >= 0.3 is 0 Å². The molecule has 0 atom stereocenters. The summed E-state index contributed by atoms with van der Waals surface area (Å²) in [6.45, 7) is 1.96. The molecule has 3 rings (SSSR count). The molecule has 0 saturated heterocycles. The van der Waals surface area contributed by atoms with Crippen LogP contribution in [0.25, 0.3) is 10.8 Å². The van der Waals surface area contributed by atoms with Crippen molar-refractivity contribution >= 4 is 32.2 Å². The molecule has 22 heavy (non-hydrogen) atoms. The normalized spacial score (nSPS) is 11.5. The number of para-hydroxylation sites is 1. The van der Waals surface area contributed by atoms with Gasteiger partial charge in [0, 0.05) is 11.1 Å². The van der Waals surface area contributed by atoms with Crippen LogP contribution in [0.1, 0.15) is 5.56 Å². The lowest BCUT2D eigenvalue weighted by atomic mass is 10.1. The molecule has 0 unspecified atom stereocenters. The lowest BCUT2D eigenvalue weighted by molar-refractivity contribution is 0.599. The molecule has 0 aromatic heterocycles. The fourth-order valence-electron chi connectivity index (χ4n) is 2.51. The number of sulfonamides is 1. The van der Waals surface area contributed by atoms with Gasteiger partial charge in [-0.25, -0.2) is 13.6 Å². The first-order valence-electron chi connectivity index (χ1n) is 6.84. The van der Waals surface area contributed by atoms with Gasteiger partial charge in [-0.15, -0.1) is 0 Å². The number of hydrogen-bond acceptors (Lipinski definition) is 3. The molecule has 3 aromatic carbocycles. The van der Waals surface area contributed by atoms with Crippen molar-refractivity contribution in [3.63, 3.8) is 0 Å². The second kappa shape index (κ2) is 5.44. The number of aryl methyl sites for hydroxylation is 1. The zero-order valence-electron chi connectivity index (χ0n) is 12.1. The summed E-state index contributed by atoms with van der Waals surface area (Å²) in [5.74, 6) is 0. The third kappa shape index (κ3) is 2.68. The number of nitrogens with one attached hydrogen (secondary N) is 1. The quantitative estimate of drug-likeness (QED) is 0.777. The summed E-state index contributed by atoms with van der Waals surface area (Å²) >= 11 is 0. The van der Waals surface area contributed by atoms with Crippen LogP contribution in [0, 0.1) is 6.92 Å². The van der Waals surface area contributed by atoms with Crippen LogP contribution < -0.4 is 10.5 Å². The Hall–Kier alpha value is -2.37. The summed E-state index contributed by atoms with van der Waals surface area (Å²) in [6, 6.07) is 18.6. The number of benzene rings is 3. The van der Waals surface area contributed by atoms with Crippen molar-refractivity contribution in [1.29, 1.82) is 0 Å². The van der Waals surface area contributed by atoms with E-state index in [-0.39, 0.29) is 4.90 Å². The van der Waals surface area contributed by atoms with Crippen LogP contribution in [0.15, 0.2) is 65.6 Å². The number of fused-ring (bicyclic) bond motifs is 1. The molecule has 0 radical (unpaired) electrons. The van der Waals surface area contributed by atoms with Crippen LogP contribution in [0.4, 0.5) is 11.4 Å². The van der Waals surface area contributed by atoms with Crippen molar-refractivity contribution in [2.24, 2.45) is 5.14 Å². The Labute approximate surface area is 129 Å². The molecule has 0 heterocycles. The molecule has 0 saturated carbocycles. The third-order valence-corrected chi connectivity index (χ3v) is 4.59. The monoisotopic (exact) mass is 312 g/mol. The molecule has 0 amide bonds. The van der Waals surface area contributed by atoms with E-state index in [9.17, 15) is 8.42 Å². The second-order valence-electron chi connectivity index (χ2n) is 5.15. The fraction of sp³-hybridized carbons (Fsp3) is 0.0588.